The van der Waals surface area contributed by atoms with E-state index >= 15 is 0 Å². The molecule has 0 aliphatic carbocycles. The number of nitrogens with zero attached hydrogens (tertiary/aromatic N) is 1. The third-order valence-corrected chi connectivity index (χ3v) is 2.71. The van der Waals surface area contributed by atoms with Gasteiger partial charge in [0.25, 0.3) is 11.6 Å². The zero-order valence-electron chi connectivity index (χ0n) is 10.9. The third kappa shape index (κ3) is 3.29. The Morgan fingerprint density at radius 2 is 2.00 bits per heavy atom. The summed E-state index contributed by atoms with van der Waals surface area (Å²) in [6, 6.07) is 2.54. The van der Waals surface area contributed by atoms with Crippen LogP contribution in [0.4, 0.5) is 5.69 Å². The maximum absolute atomic E-state index is 12.0. The summed E-state index contributed by atoms with van der Waals surface area (Å²) in [5, 5.41) is 31.1. The molecule has 0 radical (unpaired) electrons. The smallest absolute Gasteiger partial charge is 0.328 e. The van der Waals surface area contributed by atoms with E-state index in [1.807, 2.05) is 0 Å². The molecule has 20 heavy (non-hydrogen) atoms. The van der Waals surface area contributed by atoms with Crippen LogP contribution in [-0.2, 0) is 4.79 Å². The van der Waals surface area contributed by atoms with E-state index in [0.29, 0.717) is 5.56 Å². The minimum Gasteiger partial charge on any atom is -0.480 e. The van der Waals surface area contributed by atoms with E-state index in [1.54, 1.807) is 0 Å². The molecule has 0 spiro atoms. The van der Waals surface area contributed by atoms with Gasteiger partial charge >= 0.3 is 5.97 Å². The van der Waals surface area contributed by atoms with Crippen LogP contribution in [-0.4, -0.2) is 39.2 Å². The van der Waals surface area contributed by atoms with Crippen molar-refractivity contribution in [1.82, 2.24) is 5.32 Å². The van der Waals surface area contributed by atoms with Crippen molar-refractivity contribution in [3.05, 3.63) is 39.4 Å². The van der Waals surface area contributed by atoms with E-state index in [0.717, 1.165) is 6.07 Å². The van der Waals surface area contributed by atoms with Gasteiger partial charge in [0.15, 0.2) is 6.04 Å². The largest absolute Gasteiger partial charge is 0.480 e. The highest BCUT2D eigenvalue weighted by atomic mass is 16.6. The molecule has 8 nitrogen and oxygen atoms in total. The van der Waals surface area contributed by atoms with Gasteiger partial charge in [0.2, 0.25) is 0 Å². The van der Waals surface area contributed by atoms with Crippen LogP contribution >= 0.6 is 0 Å². The zero-order valence-corrected chi connectivity index (χ0v) is 10.9. The summed E-state index contributed by atoms with van der Waals surface area (Å²) in [5.41, 5.74) is -0.298. The molecule has 8 heteroatoms. The molecule has 0 saturated carbocycles. The Morgan fingerprint density at radius 3 is 2.45 bits per heavy atom. The lowest BCUT2D eigenvalue weighted by molar-refractivity contribution is -0.385. The molecule has 0 fully saturated rings. The molecule has 0 saturated heterocycles. The lowest BCUT2D eigenvalue weighted by atomic mass is 10.0. The fraction of sp³-hybridized carbons (Fsp3) is 0.333. The molecule has 108 valence electrons. The molecule has 0 heterocycles. The van der Waals surface area contributed by atoms with Crippen LogP contribution in [0.2, 0.25) is 0 Å². The Bertz CT molecular complexity index is 555. The van der Waals surface area contributed by atoms with Crippen molar-refractivity contribution in [1.29, 1.82) is 0 Å². The Kier molecular flexibility index (Phi) is 4.76. The van der Waals surface area contributed by atoms with Gasteiger partial charge < -0.3 is 15.5 Å². The molecule has 0 bridgehead atoms. The standard InChI is InChI=1S/C12H14N2O6/c1-6-4-3-5-8(14(19)20)9(6)11(16)13-10(7(2)15)12(17)18/h3-5,7,10,15H,1-2H3,(H,13,16)(H,17,18)/t7-,10+/m1/s1. The molecule has 1 aromatic carbocycles. The first-order valence-electron chi connectivity index (χ1n) is 5.71. The van der Waals surface area contributed by atoms with Crippen molar-refractivity contribution in [2.24, 2.45) is 0 Å². The quantitative estimate of drug-likeness (QED) is 0.531. The number of aliphatic hydroxyl groups excluding tert-OH is 1. The number of aliphatic carboxylic acids is 1. The van der Waals surface area contributed by atoms with Gasteiger partial charge in [-0.3, -0.25) is 14.9 Å². The molecule has 1 aromatic rings. The number of nitrogens with one attached hydrogen (secondary N) is 1. The summed E-state index contributed by atoms with van der Waals surface area (Å²) in [5.74, 6) is -2.34. The molecule has 0 aliphatic heterocycles. The minimum absolute atomic E-state index is 0.218. The first kappa shape index (κ1) is 15.6. The highest BCUT2D eigenvalue weighted by Gasteiger charge is 2.29. The van der Waals surface area contributed by atoms with Crippen molar-refractivity contribution in [2.75, 3.05) is 0 Å². The zero-order chi connectivity index (χ0) is 15.4. The van der Waals surface area contributed by atoms with Crippen molar-refractivity contribution in [3.63, 3.8) is 0 Å². The molecule has 3 N–H and O–H groups in total. The number of nitro benzene ring substituents is 1. The molecular formula is C12H14N2O6. The SMILES string of the molecule is Cc1cccc([N+](=O)[O-])c1C(=O)N[C@H](C(=O)O)[C@@H](C)O. The van der Waals surface area contributed by atoms with Gasteiger partial charge in [-0.2, -0.15) is 0 Å². The molecule has 0 aromatic heterocycles. The maximum atomic E-state index is 12.0. The molecule has 0 unspecified atom stereocenters. The molecule has 1 rings (SSSR count). The number of hydrogen-bond donors (Lipinski definition) is 3. The van der Waals surface area contributed by atoms with E-state index < -0.39 is 34.6 Å². The second-order valence-corrected chi connectivity index (χ2v) is 4.26. The lowest BCUT2D eigenvalue weighted by Crippen LogP contribution is -2.47. The summed E-state index contributed by atoms with van der Waals surface area (Å²) >= 11 is 0. The first-order valence-corrected chi connectivity index (χ1v) is 5.71. The number of nitro groups is 1. The number of carboxylic acids is 1. The Balaban J connectivity index is 3.15. The van der Waals surface area contributed by atoms with Gasteiger partial charge in [0.05, 0.1) is 11.0 Å². The summed E-state index contributed by atoms with van der Waals surface area (Å²) < 4.78 is 0. The average molecular weight is 282 g/mol. The van der Waals surface area contributed by atoms with E-state index in [-0.39, 0.29) is 5.56 Å². The number of aliphatic hydroxyl groups is 1. The molecule has 2 atom stereocenters. The van der Waals surface area contributed by atoms with Gasteiger partial charge in [-0.1, -0.05) is 12.1 Å². The van der Waals surface area contributed by atoms with Crippen LogP contribution in [0.15, 0.2) is 18.2 Å². The fourth-order valence-electron chi connectivity index (χ4n) is 1.70. The topological polar surface area (TPSA) is 130 Å². The number of rotatable bonds is 5. The van der Waals surface area contributed by atoms with Gasteiger partial charge in [0, 0.05) is 6.07 Å². The van der Waals surface area contributed by atoms with Crippen molar-refractivity contribution in [2.45, 2.75) is 26.0 Å². The van der Waals surface area contributed by atoms with Crippen molar-refractivity contribution in [3.8, 4) is 0 Å². The van der Waals surface area contributed by atoms with Crippen LogP contribution in [0.25, 0.3) is 0 Å². The van der Waals surface area contributed by atoms with Crippen LogP contribution in [0.3, 0.4) is 0 Å². The normalized spacial score (nSPS) is 13.3. The van der Waals surface area contributed by atoms with Crippen LogP contribution in [0.5, 0.6) is 0 Å². The van der Waals surface area contributed by atoms with Crippen molar-refractivity contribution < 1.29 is 24.7 Å². The number of amides is 1. The third-order valence-electron chi connectivity index (χ3n) is 2.71. The highest BCUT2D eigenvalue weighted by Crippen LogP contribution is 2.21. The van der Waals surface area contributed by atoms with E-state index in [1.165, 1.54) is 26.0 Å². The van der Waals surface area contributed by atoms with Crippen molar-refractivity contribution >= 4 is 17.6 Å². The number of hydrogen-bond acceptors (Lipinski definition) is 5. The second kappa shape index (κ2) is 6.11. The highest BCUT2D eigenvalue weighted by molar-refractivity contribution is 6.01. The van der Waals surface area contributed by atoms with Gasteiger partial charge in [0.1, 0.15) is 5.56 Å². The van der Waals surface area contributed by atoms with Gasteiger partial charge in [-0.05, 0) is 19.4 Å². The van der Waals surface area contributed by atoms with Crippen LogP contribution in [0.1, 0.15) is 22.8 Å². The number of carbonyl (C=O) groups excluding carboxylic acids is 1. The number of benzene rings is 1. The van der Waals surface area contributed by atoms with Gasteiger partial charge in [-0.15, -0.1) is 0 Å². The molecule has 0 aliphatic rings. The summed E-state index contributed by atoms with van der Waals surface area (Å²) in [7, 11) is 0. The Morgan fingerprint density at radius 1 is 1.40 bits per heavy atom. The van der Waals surface area contributed by atoms with Crippen LogP contribution < -0.4 is 5.32 Å². The summed E-state index contributed by atoms with van der Waals surface area (Å²) in [4.78, 5) is 33.1. The summed E-state index contributed by atoms with van der Waals surface area (Å²) in [6.07, 6.45) is -1.33. The Hall–Kier alpha value is -2.48. The number of carbonyl (C=O) groups is 2. The van der Waals surface area contributed by atoms with Crippen LogP contribution in [0, 0.1) is 17.0 Å². The predicted octanol–water partition coefficient (Wildman–Crippen LogP) is 0.467. The molecule has 1 amide bonds. The van der Waals surface area contributed by atoms with E-state index in [9.17, 15) is 24.8 Å². The molecular weight excluding hydrogens is 268 g/mol. The fourth-order valence-corrected chi connectivity index (χ4v) is 1.70. The number of aryl methyl sites for hydroxylation is 1. The minimum atomic E-state index is -1.54. The monoisotopic (exact) mass is 282 g/mol. The van der Waals surface area contributed by atoms with E-state index in [4.69, 9.17) is 5.11 Å². The first-order chi connectivity index (χ1) is 9.25. The van der Waals surface area contributed by atoms with Gasteiger partial charge in [-0.25, -0.2) is 4.79 Å². The average Bonchev–Trinajstić information content (AvgIpc) is 2.34. The lowest BCUT2D eigenvalue weighted by Gasteiger charge is -2.17. The van der Waals surface area contributed by atoms with E-state index in [2.05, 4.69) is 5.32 Å². The Labute approximate surface area is 114 Å². The number of carboxylic acid groups (broad SMARTS) is 1. The predicted molar refractivity (Wildman–Crippen MR) is 68.4 cm³/mol. The summed E-state index contributed by atoms with van der Waals surface area (Å²) in [6.45, 7) is 2.70. The maximum Gasteiger partial charge on any atom is 0.328 e. The second-order valence-electron chi connectivity index (χ2n) is 4.26.